The number of aliphatic imine (C=N–C) groups is 1. The summed E-state index contributed by atoms with van der Waals surface area (Å²) in [5, 5.41) is 11.8. The third-order valence-electron chi connectivity index (χ3n) is 3.81. The van der Waals surface area contributed by atoms with Gasteiger partial charge in [-0.1, -0.05) is 6.07 Å². The van der Waals surface area contributed by atoms with E-state index in [1.165, 1.54) is 5.56 Å². The third-order valence-corrected chi connectivity index (χ3v) is 3.81. The Kier molecular flexibility index (Phi) is 3.53. The highest BCUT2D eigenvalue weighted by molar-refractivity contribution is 6.13. The summed E-state index contributed by atoms with van der Waals surface area (Å²) in [5.74, 6) is -0.193. The van der Waals surface area contributed by atoms with Crippen LogP contribution in [-0.2, 0) is 11.2 Å². The van der Waals surface area contributed by atoms with E-state index in [-0.39, 0.29) is 11.9 Å². The van der Waals surface area contributed by atoms with Crippen LogP contribution < -0.4 is 5.32 Å². The number of carbonyl (C=O) groups is 1. The number of nitriles is 1. The molecule has 1 N–H and O–H groups in total. The summed E-state index contributed by atoms with van der Waals surface area (Å²) in [6.07, 6.45) is 10.3. The molecule has 1 aromatic heterocycles. The normalized spacial score (nSPS) is 21.5. The first-order valence-electron chi connectivity index (χ1n) is 7.08. The van der Waals surface area contributed by atoms with Crippen LogP contribution in [-0.4, -0.2) is 28.7 Å². The van der Waals surface area contributed by atoms with Gasteiger partial charge in [0.1, 0.15) is 5.54 Å². The molecule has 1 aliphatic carbocycles. The Hall–Kier alpha value is -2.48. The number of pyridine rings is 1. The fourth-order valence-electron chi connectivity index (χ4n) is 2.30. The molecule has 3 rings (SSSR count). The Labute approximate surface area is 123 Å². The van der Waals surface area contributed by atoms with Gasteiger partial charge in [-0.2, -0.15) is 5.26 Å². The Bertz CT molecular complexity index is 638. The minimum absolute atomic E-state index is 0.0307. The Morgan fingerprint density at radius 1 is 1.52 bits per heavy atom. The summed E-state index contributed by atoms with van der Waals surface area (Å²) in [6, 6.07) is 6.13. The van der Waals surface area contributed by atoms with Crippen molar-refractivity contribution in [3.63, 3.8) is 0 Å². The van der Waals surface area contributed by atoms with E-state index in [1.54, 1.807) is 12.4 Å². The Morgan fingerprint density at radius 3 is 3.05 bits per heavy atom. The number of nitrogens with zero attached hydrogens (tertiary/aromatic N) is 3. The van der Waals surface area contributed by atoms with Gasteiger partial charge in [-0.3, -0.25) is 14.8 Å². The maximum atomic E-state index is 12.0. The topological polar surface area (TPSA) is 78.1 Å². The van der Waals surface area contributed by atoms with Crippen molar-refractivity contribution in [2.24, 2.45) is 4.99 Å². The highest BCUT2D eigenvalue weighted by Gasteiger charge is 2.45. The molecule has 5 heteroatoms. The second-order valence-corrected chi connectivity index (χ2v) is 5.52. The van der Waals surface area contributed by atoms with Crippen molar-refractivity contribution in [3.05, 3.63) is 41.7 Å². The van der Waals surface area contributed by atoms with Gasteiger partial charge in [0.15, 0.2) is 0 Å². The van der Waals surface area contributed by atoms with Crippen molar-refractivity contribution in [2.75, 3.05) is 0 Å². The van der Waals surface area contributed by atoms with Crippen LogP contribution in [0.3, 0.4) is 0 Å². The number of amides is 1. The van der Waals surface area contributed by atoms with E-state index >= 15 is 0 Å². The number of hydrogen-bond acceptors (Lipinski definition) is 4. The Morgan fingerprint density at radius 2 is 2.38 bits per heavy atom. The Balaban J connectivity index is 1.54. The average molecular weight is 280 g/mol. The zero-order valence-electron chi connectivity index (χ0n) is 11.6. The van der Waals surface area contributed by atoms with Crippen molar-refractivity contribution in [1.82, 2.24) is 10.3 Å². The first-order valence-corrected chi connectivity index (χ1v) is 7.08. The molecule has 0 aromatic carbocycles. The van der Waals surface area contributed by atoms with E-state index in [4.69, 9.17) is 5.26 Å². The van der Waals surface area contributed by atoms with Gasteiger partial charge >= 0.3 is 0 Å². The van der Waals surface area contributed by atoms with Gasteiger partial charge in [-0.25, -0.2) is 0 Å². The van der Waals surface area contributed by atoms with E-state index in [1.807, 2.05) is 24.4 Å². The quantitative estimate of drug-likeness (QED) is 0.889. The van der Waals surface area contributed by atoms with Crippen LogP contribution >= 0.6 is 0 Å². The van der Waals surface area contributed by atoms with Gasteiger partial charge in [-0.05, 0) is 43.4 Å². The number of hydrogen-bond donors (Lipinski definition) is 1. The van der Waals surface area contributed by atoms with Gasteiger partial charge in [-0.15, -0.1) is 0 Å². The van der Waals surface area contributed by atoms with Gasteiger partial charge < -0.3 is 5.32 Å². The van der Waals surface area contributed by atoms with Crippen molar-refractivity contribution in [2.45, 2.75) is 37.3 Å². The summed E-state index contributed by atoms with van der Waals surface area (Å²) < 4.78 is 0. The van der Waals surface area contributed by atoms with E-state index < -0.39 is 5.54 Å². The van der Waals surface area contributed by atoms with Gasteiger partial charge in [0.2, 0.25) is 0 Å². The van der Waals surface area contributed by atoms with Crippen LogP contribution in [0.25, 0.3) is 0 Å². The molecule has 0 bridgehead atoms. The van der Waals surface area contributed by atoms with Crippen molar-refractivity contribution in [3.8, 4) is 6.07 Å². The zero-order valence-corrected chi connectivity index (χ0v) is 11.6. The van der Waals surface area contributed by atoms with E-state index in [9.17, 15) is 4.79 Å². The molecule has 1 aliphatic heterocycles. The number of nitrogens with one attached hydrogen (secondary N) is 1. The smallest absolute Gasteiger partial charge is 0.253 e. The molecule has 2 aliphatic rings. The maximum Gasteiger partial charge on any atom is 0.253 e. The summed E-state index contributed by atoms with van der Waals surface area (Å²) in [5.41, 5.74) is 1.10. The largest absolute Gasteiger partial charge is 0.334 e. The molecular weight excluding hydrogens is 264 g/mol. The molecule has 21 heavy (non-hydrogen) atoms. The highest BCUT2D eigenvalue weighted by atomic mass is 16.1. The predicted octanol–water partition coefficient (Wildman–Crippen LogP) is 1.57. The average Bonchev–Trinajstić information content (AvgIpc) is 3.12. The van der Waals surface area contributed by atoms with Crippen LogP contribution in [0.1, 0.15) is 24.8 Å². The lowest BCUT2D eigenvalue weighted by Gasteiger charge is -2.08. The molecule has 106 valence electrons. The SMILES string of the molecule is N#CC1(NC(=O)C2=CC(CCc3cccnc3)N=C2)CC1. The molecule has 0 radical (unpaired) electrons. The van der Waals surface area contributed by atoms with Crippen molar-refractivity contribution < 1.29 is 4.79 Å². The standard InChI is InChI=1S/C16H16N4O/c17-11-16(5-6-16)20-15(21)13-8-14(19-10-13)4-3-12-2-1-7-18-9-12/h1-2,7-10,14H,3-6H2,(H,20,21). The minimum atomic E-state index is -0.625. The molecule has 1 saturated carbocycles. The predicted molar refractivity (Wildman–Crippen MR) is 78.6 cm³/mol. The molecular formula is C16H16N4O. The summed E-state index contributed by atoms with van der Waals surface area (Å²) in [4.78, 5) is 20.5. The summed E-state index contributed by atoms with van der Waals surface area (Å²) in [7, 11) is 0. The zero-order chi connectivity index (χ0) is 14.7. The van der Waals surface area contributed by atoms with Gasteiger partial charge in [0.25, 0.3) is 5.91 Å². The number of rotatable bonds is 5. The fourth-order valence-corrected chi connectivity index (χ4v) is 2.30. The second-order valence-electron chi connectivity index (χ2n) is 5.52. The molecule has 1 unspecified atom stereocenters. The first-order chi connectivity index (χ1) is 10.2. The van der Waals surface area contributed by atoms with Crippen LogP contribution in [0, 0.1) is 11.3 Å². The molecule has 1 atom stereocenters. The lowest BCUT2D eigenvalue weighted by atomic mass is 10.1. The highest BCUT2D eigenvalue weighted by Crippen LogP contribution is 2.34. The second kappa shape index (κ2) is 5.49. The maximum absolute atomic E-state index is 12.0. The third kappa shape index (κ3) is 3.16. The number of aromatic nitrogens is 1. The monoisotopic (exact) mass is 280 g/mol. The molecule has 1 aromatic rings. The molecule has 0 saturated heterocycles. The van der Waals surface area contributed by atoms with Gasteiger partial charge in [0.05, 0.1) is 17.7 Å². The van der Waals surface area contributed by atoms with Crippen molar-refractivity contribution in [1.29, 1.82) is 5.26 Å². The van der Waals surface area contributed by atoms with Crippen LogP contribution in [0.5, 0.6) is 0 Å². The van der Waals surface area contributed by atoms with E-state index in [0.29, 0.717) is 5.57 Å². The fraction of sp³-hybridized carbons (Fsp3) is 0.375. The number of aryl methyl sites for hydroxylation is 1. The molecule has 1 fully saturated rings. The molecule has 2 heterocycles. The van der Waals surface area contributed by atoms with Crippen LogP contribution in [0.2, 0.25) is 0 Å². The lowest BCUT2D eigenvalue weighted by molar-refractivity contribution is -0.117. The lowest BCUT2D eigenvalue weighted by Crippen LogP contribution is -2.36. The van der Waals surface area contributed by atoms with Gasteiger partial charge in [0, 0.05) is 18.6 Å². The number of carbonyl (C=O) groups excluding carboxylic acids is 1. The molecule has 0 spiro atoms. The van der Waals surface area contributed by atoms with E-state index in [0.717, 1.165) is 25.7 Å². The summed E-state index contributed by atoms with van der Waals surface area (Å²) in [6.45, 7) is 0. The minimum Gasteiger partial charge on any atom is -0.334 e. The first kappa shape index (κ1) is 13.5. The summed E-state index contributed by atoms with van der Waals surface area (Å²) >= 11 is 0. The van der Waals surface area contributed by atoms with Crippen LogP contribution in [0.15, 0.2) is 41.2 Å². The molecule has 5 nitrogen and oxygen atoms in total. The van der Waals surface area contributed by atoms with Crippen molar-refractivity contribution >= 4 is 12.1 Å². The van der Waals surface area contributed by atoms with Crippen LogP contribution in [0.4, 0.5) is 0 Å². The molecule has 1 amide bonds. The van der Waals surface area contributed by atoms with E-state index in [2.05, 4.69) is 21.4 Å².